The van der Waals surface area contributed by atoms with Crippen LogP contribution in [0, 0.1) is 0 Å². The van der Waals surface area contributed by atoms with Gasteiger partial charge in [0, 0.05) is 59.9 Å². The molecule has 0 atom stereocenters. The molecule has 4 heterocycles. The Morgan fingerprint density at radius 2 is 0.891 bits per heavy atom. The zero-order valence-corrected chi connectivity index (χ0v) is 24.5. The van der Waals surface area contributed by atoms with Crippen molar-refractivity contribution in [1.29, 1.82) is 0 Å². The summed E-state index contributed by atoms with van der Waals surface area (Å²) in [5, 5.41) is 8.98. The molecule has 11 rings (SSSR count). The lowest BCUT2D eigenvalue weighted by Crippen LogP contribution is -1.93. The van der Waals surface area contributed by atoms with Crippen LogP contribution >= 0.6 is 0 Å². The number of para-hydroxylation sites is 5. The minimum Gasteiger partial charge on any atom is -0.456 e. The summed E-state index contributed by atoms with van der Waals surface area (Å²) in [6, 6.07) is 48.8. The molecule has 0 saturated heterocycles. The van der Waals surface area contributed by atoms with Gasteiger partial charge in [-0.2, -0.15) is 0 Å². The molecule has 0 fully saturated rings. The third-order valence-corrected chi connectivity index (χ3v) is 9.60. The van der Waals surface area contributed by atoms with E-state index in [0.717, 1.165) is 93.7 Å². The fourth-order valence-electron chi connectivity index (χ4n) is 7.56. The van der Waals surface area contributed by atoms with E-state index in [9.17, 15) is 0 Å². The molecule has 4 nitrogen and oxygen atoms in total. The van der Waals surface area contributed by atoms with Crippen molar-refractivity contribution in [1.82, 2.24) is 4.57 Å². The van der Waals surface area contributed by atoms with E-state index in [2.05, 4.69) is 120 Å². The Balaban J connectivity index is 1.17. The van der Waals surface area contributed by atoms with Crippen molar-refractivity contribution < 1.29 is 13.3 Å². The van der Waals surface area contributed by atoms with Gasteiger partial charge in [0.1, 0.15) is 33.5 Å². The molecule has 4 heteroatoms. The molecule has 0 radical (unpaired) electrons. The Morgan fingerprint density at radius 3 is 1.65 bits per heavy atom. The van der Waals surface area contributed by atoms with Crippen molar-refractivity contribution in [2.24, 2.45) is 0 Å². The minimum absolute atomic E-state index is 0.854. The summed E-state index contributed by atoms with van der Waals surface area (Å²) in [4.78, 5) is 0. The molecule has 7 aromatic carbocycles. The van der Waals surface area contributed by atoms with Crippen LogP contribution in [0.15, 0.2) is 153 Å². The Kier molecular flexibility index (Phi) is 4.55. The predicted octanol–water partition coefficient (Wildman–Crippen LogP) is 12.1. The van der Waals surface area contributed by atoms with Gasteiger partial charge in [0.05, 0.1) is 11.0 Å². The number of hydrogen-bond donors (Lipinski definition) is 0. The Labute approximate surface area is 261 Å². The van der Waals surface area contributed by atoms with Crippen LogP contribution < -0.4 is 0 Å². The van der Waals surface area contributed by atoms with Gasteiger partial charge < -0.3 is 17.8 Å². The van der Waals surface area contributed by atoms with E-state index in [0.29, 0.717) is 0 Å². The molecule has 46 heavy (non-hydrogen) atoms. The third kappa shape index (κ3) is 3.12. The smallest absolute Gasteiger partial charge is 0.143 e. The number of furan rings is 3. The van der Waals surface area contributed by atoms with Crippen LogP contribution in [0.4, 0.5) is 0 Å². The molecule has 0 aliphatic heterocycles. The highest BCUT2D eigenvalue weighted by Crippen LogP contribution is 2.43. The fraction of sp³-hybridized carbons (Fsp3) is 0. The van der Waals surface area contributed by atoms with E-state index in [1.54, 1.807) is 0 Å². The summed E-state index contributed by atoms with van der Waals surface area (Å²) in [6.07, 6.45) is 0. The molecule has 0 unspecified atom stereocenters. The van der Waals surface area contributed by atoms with Crippen molar-refractivity contribution in [2.45, 2.75) is 0 Å². The molecule has 0 aliphatic carbocycles. The van der Waals surface area contributed by atoms with Gasteiger partial charge in [0.25, 0.3) is 0 Å². The largest absolute Gasteiger partial charge is 0.456 e. The van der Waals surface area contributed by atoms with Crippen molar-refractivity contribution in [2.75, 3.05) is 0 Å². The monoisotopic (exact) mass is 589 g/mol. The number of nitrogens with zero attached hydrogens (tertiary/aromatic N) is 1. The molecule has 214 valence electrons. The van der Waals surface area contributed by atoms with E-state index in [1.807, 2.05) is 24.3 Å². The second-order valence-electron chi connectivity index (χ2n) is 12.1. The zero-order valence-electron chi connectivity index (χ0n) is 24.5. The van der Waals surface area contributed by atoms with Crippen LogP contribution in [0.25, 0.3) is 104 Å². The normalized spacial score (nSPS) is 12.3. The summed E-state index contributed by atoms with van der Waals surface area (Å²) >= 11 is 0. The first-order valence-corrected chi connectivity index (χ1v) is 15.5. The van der Waals surface area contributed by atoms with Crippen molar-refractivity contribution in [3.05, 3.63) is 140 Å². The summed E-state index contributed by atoms with van der Waals surface area (Å²) in [6.45, 7) is 0. The van der Waals surface area contributed by atoms with Crippen LogP contribution in [-0.2, 0) is 0 Å². The number of rotatable bonds is 2. The van der Waals surface area contributed by atoms with Crippen LogP contribution in [0.1, 0.15) is 0 Å². The van der Waals surface area contributed by atoms with E-state index in [-0.39, 0.29) is 0 Å². The molecule has 0 N–H and O–H groups in total. The minimum atomic E-state index is 0.854. The van der Waals surface area contributed by atoms with Gasteiger partial charge >= 0.3 is 0 Å². The molecule has 0 aliphatic rings. The third-order valence-electron chi connectivity index (χ3n) is 9.60. The van der Waals surface area contributed by atoms with Gasteiger partial charge in [-0.25, -0.2) is 0 Å². The first-order chi connectivity index (χ1) is 22.8. The summed E-state index contributed by atoms with van der Waals surface area (Å²) in [5.41, 5.74) is 10.7. The van der Waals surface area contributed by atoms with Crippen LogP contribution in [-0.4, -0.2) is 4.57 Å². The molecule has 0 amide bonds. The first kappa shape index (κ1) is 24.1. The highest BCUT2D eigenvalue weighted by atomic mass is 16.3. The molecule has 0 spiro atoms. The van der Waals surface area contributed by atoms with E-state index >= 15 is 0 Å². The first-order valence-electron chi connectivity index (χ1n) is 15.5. The maximum Gasteiger partial charge on any atom is 0.143 e. The fourth-order valence-corrected chi connectivity index (χ4v) is 7.56. The predicted molar refractivity (Wildman–Crippen MR) is 188 cm³/mol. The molecule has 11 aromatic rings. The lowest BCUT2D eigenvalue weighted by Gasteiger charge is -2.08. The Morgan fingerprint density at radius 1 is 0.326 bits per heavy atom. The summed E-state index contributed by atoms with van der Waals surface area (Å²) < 4.78 is 21.7. The van der Waals surface area contributed by atoms with Gasteiger partial charge in [-0.15, -0.1) is 0 Å². The lowest BCUT2D eigenvalue weighted by molar-refractivity contribution is 0.665. The van der Waals surface area contributed by atoms with Crippen LogP contribution in [0.2, 0.25) is 0 Å². The average molecular weight is 590 g/mol. The highest BCUT2D eigenvalue weighted by Gasteiger charge is 2.20. The quantitative estimate of drug-likeness (QED) is 0.201. The van der Waals surface area contributed by atoms with Gasteiger partial charge in [-0.05, 0) is 48.5 Å². The average Bonchev–Trinajstić information content (AvgIpc) is 3.85. The number of fused-ring (bicyclic) bond motifs is 12. The van der Waals surface area contributed by atoms with Crippen molar-refractivity contribution in [3.8, 4) is 16.8 Å². The van der Waals surface area contributed by atoms with E-state index in [4.69, 9.17) is 13.3 Å². The summed E-state index contributed by atoms with van der Waals surface area (Å²) in [7, 11) is 0. The molecule has 4 aromatic heterocycles. The van der Waals surface area contributed by atoms with E-state index < -0.39 is 0 Å². The van der Waals surface area contributed by atoms with Crippen molar-refractivity contribution in [3.63, 3.8) is 0 Å². The SMILES string of the molecule is c1ccc2c(c1)oc1cc3c4ccccc4n(-c4ccc5oc6c(-c7cccc8c7oc7ccccc78)cccc6c5c4)c3cc12. The van der Waals surface area contributed by atoms with Crippen LogP contribution in [0.3, 0.4) is 0 Å². The second-order valence-corrected chi connectivity index (χ2v) is 12.1. The number of benzene rings is 7. The number of hydrogen-bond acceptors (Lipinski definition) is 3. The molecular weight excluding hydrogens is 566 g/mol. The number of aromatic nitrogens is 1. The van der Waals surface area contributed by atoms with Crippen LogP contribution in [0.5, 0.6) is 0 Å². The molecule has 0 bridgehead atoms. The maximum absolute atomic E-state index is 6.64. The topological polar surface area (TPSA) is 44.4 Å². The maximum atomic E-state index is 6.64. The molecular formula is C42H23NO3. The highest BCUT2D eigenvalue weighted by molar-refractivity contribution is 6.18. The van der Waals surface area contributed by atoms with Gasteiger partial charge in [-0.3, -0.25) is 0 Å². The van der Waals surface area contributed by atoms with Crippen molar-refractivity contribution >= 4 is 87.6 Å². The van der Waals surface area contributed by atoms with Gasteiger partial charge in [0.2, 0.25) is 0 Å². The Bertz CT molecular complexity index is 3040. The van der Waals surface area contributed by atoms with Gasteiger partial charge in [-0.1, -0.05) is 91.0 Å². The second kappa shape index (κ2) is 8.68. The standard InChI is InChI=1S/C42H23NO3/c1-4-16-35-25(9-1)32-23-40-34(27-11-3-5-17-37(27)44-40)22-36(32)43(35)24-19-20-39-33(21-24)31-15-8-14-30(42(31)46-39)29-13-7-12-28-26-10-2-6-18-38(26)45-41(28)29/h1-23H. The van der Waals surface area contributed by atoms with E-state index in [1.165, 1.54) is 10.8 Å². The summed E-state index contributed by atoms with van der Waals surface area (Å²) in [5.74, 6) is 0. The zero-order chi connectivity index (χ0) is 29.9. The lowest BCUT2D eigenvalue weighted by atomic mass is 10.00. The van der Waals surface area contributed by atoms with Gasteiger partial charge in [0.15, 0.2) is 0 Å². The Hall–Kier alpha value is -6.26. The molecule has 0 saturated carbocycles.